The third-order valence-corrected chi connectivity index (χ3v) is 6.32. The molecule has 1 unspecified atom stereocenters. The summed E-state index contributed by atoms with van der Waals surface area (Å²) in [5.41, 5.74) is 3.04. The minimum absolute atomic E-state index is 0.0899. The maximum absolute atomic E-state index is 12.9. The molecular formula is C28H29ClNO5+. The summed E-state index contributed by atoms with van der Waals surface area (Å²) < 4.78 is 17.2. The SMILES string of the molecule is Cc1cc(Oc2coc3cc(OC[C@@H](O)C[NH+](C)Cc4ccccc4)ccc3c2=O)cc(C)c1Cl. The lowest BCUT2D eigenvalue weighted by molar-refractivity contribution is -0.897. The van der Waals surface area contributed by atoms with Crippen molar-refractivity contribution >= 4 is 22.6 Å². The minimum Gasteiger partial charge on any atom is -0.491 e. The third kappa shape index (κ3) is 6.22. The average molecular weight is 495 g/mol. The molecule has 1 aromatic heterocycles. The highest BCUT2D eigenvalue weighted by molar-refractivity contribution is 6.32. The Bertz CT molecular complexity index is 1350. The second kappa shape index (κ2) is 11.0. The van der Waals surface area contributed by atoms with E-state index in [1.165, 1.54) is 16.7 Å². The van der Waals surface area contributed by atoms with Gasteiger partial charge in [-0.1, -0.05) is 41.9 Å². The van der Waals surface area contributed by atoms with Gasteiger partial charge in [0, 0.05) is 16.7 Å². The Labute approximate surface area is 209 Å². The number of ether oxygens (including phenoxy) is 2. The van der Waals surface area contributed by atoms with Crippen LogP contribution in [0.5, 0.6) is 17.2 Å². The van der Waals surface area contributed by atoms with Crippen molar-refractivity contribution in [2.75, 3.05) is 20.2 Å². The Morgan fingerprint density at radius 2 is 1.74 bits per heavy atom. The van der Waals surface area contributed by atoms with Crippen molar-refractivity contribution in [2.45, 2.75) is 26.5 Å². The number of hydrogen-bond acceptors (Lipinski definition) is 5. The first-order valence-corrected chi connectivity index (χ1v) is 11.8. The molecular weight excluding hydrogens is 466 g/mol. The number of likely N-dealkylation sites (N-methyl/N-ethyl adjacent to an activating group) is 1. The Hall–Kier alpha value is -3.32. The fraction of sp³-hybridized carbons (Fsp3) is 0.250. The molecule has 1 heterocycles. The number of aliphatic hydroxyl groups excluding tert-OH is 1. The van der Waals surface area contributed by atoms with Gasteiger partial charge in [-0.2, -0.15) is 0 Å². The van der Waals surface area contributed by atoms with Crippen LogP contribution in [0.2, 0.25) is 5.02 Å². The van der Waals surface area contributed by atoms with Gasteiger partial charge in [-0.15, -0.1) is 0 Å². The van der Waals surface area contributed by atoms with Crippen LogP contribution in [0.25, 0.3) is 11.0 Å². The topological polar surface area (TPSA) is 73.3 Å². The maximum Gasteiger partial charge on any atom is 0.235 e. The molecule has 0 bridgehead atoms. The molecule has 35 heavy (non-hydrogen) atoms. The van der Waals surface area contributed by atoms with Crippen LogP contribution in [0.1, 0.15) is 16.7 Å². The van der Waals surface area contributed by atoms with Crippen molar-refractivity contribution in [3.63, 3.8) is 0 Å². The van der Waals surface area contributed by atoms with Crippen LogP contribution in [0, 0.1) is 13.8 Å². The van der Waals surface area contributed by atoms with Gasteiger partial charge in [-0.3, -0.25) is 4.79 Å². The van der Waals surface area contributed by atoms with Gasteiger partial charge in [0.05, 0.1) is 12.4 Å². The number of aliphatic hydroxyl groups is 1. The lowest BCUT2D eigenvalue weighted by Gasteiger charge is -2.18. The molecule has 0 aliphatic carbocycles. The van der Waals surface area contributed by atoms with E-state index in [2.05, 4.69) is 12.1 Å². The second-order valence-corrected chi connectivity index (χ2v) is 9.23. The Kier molecular flexibility index (Phi) is 7.76. The van der Waals surface area contributed by atoms with Crippen LogP contribution in [-0.2, 0) is 6.54 Å². The summed E-state index contributed by atoms with van der Waals surface area (Å²) in [4.78, 5) is 14.1. The van der Waals surface area contributed by atoms with Crippen LogP contribution in [0.3, 0.4) is 0 Å². The van der Waals surface area contributed by atoms with Crippen molar-refractivity contribution in [1.82, 2.24) is 0 Å². The predicted molar refractivity (Wildman–Crippen MR) is 137 cm³/mol. The predicted octanol–water partition coefficient (Wildman–Crippen LogP) is 4.31. The zero-order chi connectivity index (χ0) is 24.9. The monoisotopic (exact) mass is 494 g/mol. The number of rotatable bonds is 9. The first kappa shape index (κ1) is 24.8. The highest BCUT2D eigenvalue weighted by Crippen LogP contribution is 2.29. The quantitative estimate of drug-likeness (QED) is 0.363. The normalized spacial score (nSPS) is 12.9. The molecule has 0 fully saturated rings. The summed E-state index contributed by atoms with van der Waals surface area (Å²) in [6, 6.07) is 18.7. The van der Waals surface area contributed by atoms with Gasteiger partial charge < -0.3 is 23.9 Å². The van der Waals surface area contributed by atoms with Crippen LogP contribution in [0.15, 0.2) is 76.1 Å². The number of halogens is 1. The van der Waals surface area contributed by atoms with E-state index in [4.69, 9.17) is 25.5 Å². The van der Waals surface area contributed by atoms with Crippen LogP contribution >= 0.6 is 11.6 Å². The summed E-state index contributed by atoms with van der Waals surface area (Å²) in [6.07, 6.45) is 0.660. The molecule has 0 saturated heterocycles. The summed E-state index contributed by atoms with van der Waals surface area (Å²) in [6.45, 7) is 5.26. The van der Waals surface area contributed by atoms with E-state index in [9.17, 15) is 9.90 Å². The van der Waals surface area contributed by atoms with Crippen molar-refractivity contribution < 1.29 is 23.9 Å². The first-order valence-electron chi connectivity index (χ1n) is 11.5. The zero-order valence-electron chi connectivity index (χ0n) is 20.0. The lowest BCUT2D eigenvalue weighted by atomic mass is 10.1. The second-order valence-electron chi connectivity index (χ2n) is 8.85. The Morgan fingerprint density at radius 3 is 2.46 bits per heavy atom. The fourth-order valence-corrected chi connectivity index (χ4v) is 4.12. The van der Waals surface area contributed by atoms with Crippen molar-refractivity contribution in [3.8, 4) is 17.2 Å². The van der Waals surface area contributed by atoms with Crippen molar-refractivity contribution in [1.29, 1.82) is 0 Å². The molecule has 0 spiro atoms. The standard InChI is InChI=1S/C28H28ClNO5/c1-18-11-23(12-19(2)27(18)29)35-26-17-34-25-13-22(9-10-24(25)28(26)32)33-16-21(31)15-30(3)14-20-7-5-4-6-8-20/h4-13,17,21,31H,14-16H2,1-3H3/p+1/t21-/m0/s1. The molecule has 7 heteroatoms. The molecule has 0 aliphatic heterocycles. The molecule has 2 atom stereocenters. The van der Waals surface area contributed by atoms with Gasteiger partial charge in [0.15, 0.2) is 0 Å². The highest BCUT2D eigenvalue weighted by Gasteiger charge is 2.15. The first-order chi connectivity index (χ1) is 16.8. The largest absolute Gasteiger partial charge is 0.491 e. The molecule has 182 valence electrons. The van der Waals surface area contributed by atoms with E-state index in [1.807, 2.05) is 39.1 Å². The van der Waals surface area contributed by atoms with Crippen molar-refractivity contribution in [3.05, 3.63) is 98.9 Å². The summed E-state index contributed by atoms with van der Waals surface area (Å²) in [7, 11) is 2.03. The Balaban J connectivity index is 1.39. The summed E-state index contributed by atoms with van der Waals surface area (Å²) >= 11 is 6.21. The highest BCUT2D eigenvalue weighted by atomic mass is 35.5. The molecule has 4 rings (SSSR count). The summed E-state index contributed by atoms with van der Waals surface area (Å²) in [5.74, 6) is 1.12. The van der Waals surface area contributed by atoms with E-state index in [0.717, 1.165) is 17.7 Å². The fourth-order valence-electron chi connectivity index (χ4n) is 4.01. The third-order valence-electron chi connectivity index (χ3n) is 5.73. The lowest BCUT2D eigenvalue weighted by Crippen LogP contribution is -3.09. The van der Waals surface area contributed by atoms with E-state index in [0.29, 0.717) is 34.0 Å². The van der Waals surface area contributed by atoms with E-state index in [1.54, 1.807) is 30.3 Å². The maximum atomic E-state index is 12.9. The molecule has 4 aromatic rings. The van der Waals surface area contributed by atoms with Gasteiger partial charge in [0.25, 0.3) is 0 Å². The molecule has 0 amide bonds. The van der Waals surface area contributed by atoms with Crippen molar-refractivity contribution in [2.24, 2.45) is 0 Å². The van der Waals surface area contributed by atoms with Crippen LogP contribution in [-0.4, -0.2) is 31.4 Å². The van der Waals surface area contributed by atoms with E-state index < -0.39 is 6.10 Å². The molecule has 6 nitrogen and oxygen atoms in total. The molecule has 0 radical (unpaired) electrons. The van der Waals surface area contributed by atoms with Gasteiger partial charge in [0.1, 0.15) is 49.1 Å². The number of hydrogen-bond donors (Lipinski definition) is 2. The molecule has 2 N–H and O–H groups in total. The van der Waals surface area contributed by atoms with Gasteiger partial charge in [-0.25, -0.2) is 0 Å². The van der Waals surface area contributed by atoms with Crippen LogP contribution < -0.4 is 19.8 Å². The zero-order valence-corrected chi connectivity index (χ0v) is 20.8. The van der Waals surface area contributed by atoms with Gasteiger partial charge in [0.2, 0.25) is 11.2 Å². The molecule has 3 aromatic carbocycles. The van der Waals surface area contributed by atoms with Gasteiger partial charge >= 0.3 is 0 Å². The number of aryl methyl sites for hydroxylation is 2. The average Bonchev–Trinajstić information content (AvgIpc) is 2.83. The van der Waals surface area contributed by atoms with E-state index in [-0.39, 0.29) is 17.8 Å². The number of nitrogens with one attached hydrogen (secondary N) is 1. The molecule has 0 saturated carbocycles. The Morgan fingerprint density at radius 1 is 1.03 bits per heavy atom. The number of fused-ring (bicyclic) bond motifs is 1. The molecule has 0 aliphatic rings. The van der Waals surface area contributed by atoms with Gasteiger partial charge in [-0.05, 0) is 49.2 Å². The van der Waals surface area contributed by atoms with E-state index >= 15 is 0 Å². The number of quaternary nitrogens is 1. The summed E-state index contributed by atoms with van der Waals surface area (Å²) in [5, 5.41) is 11.5. The minimum atomic E-state index is -0.636. The smallest absolute Gasteiger partial charge is 0.235 e. The van der Waals surface area contributed by atoms with Crippen LogP contribution in [0.4, 0.5) is 0 Å². The number of benzene rings is 3.